The van der Waals surface area contributed by atoms with Gasteiger partial charge in [0.2, 0.25) is 10.0 Å². The van der Waals surface area contributed by atoms with Crippen LogP contribution in [-0.2, 0) is 10.0 Å². The van der Waals surface area contributed by atoms with E-state index >= 15 is 0 Å². The molecule has 0 aliphatic heterocycles. The average molecular weight is 458 g/mol. The first-order valence-electron chi connectivity index (χ1n) is 10.4. The third-order valence-corrected chi connectivity index (χ3v) is 6.92. The van der Waals surface area contributed by atoms with Gasteiger partial charge in [0, 0.05) is 36.1 Å². The van der Waals surface area contributed by atoms with Crippen LogP contribution in [0.5, 0.6) is 0 Å². The van der Waals surface area contributed by atoms with E-state index in [1.54, 1.807) is 26.0 Å². The normalized spacial score (nSPS) is 14.6. The van der Waals surface area contributed by atoms with E-state index in [0.29, 0.717) is 28.6 Å². The lowest BCUT2D eigenvalue weighted by molar-refractivity contribution is 0.163. The number of sulfonamides is 1. The Morgan fingerprint density at radius 2 is 2.03 bits per heavy atom. The lowest BCUT2D eigenvalue weighted by atomic mass is 9.96. The molecule has 0 saturated heterocycles. The van der Waals surface area contributed by atoms with Crippen molar-refractivity contribution in [3.63, 3.8) is 0 Å². The molecule has 1 saturated carbocycles. The van der Waals surface area contributed by atoms with Crippen molar-refractivity contribution in [1.82, 2.24) is 19.8 Å². The van der Waals surface area contributed by atoms with E-state index in [1.807, 2.05) is 13.0 Å². The quantitative estimate of drug-likeness (QED) is 0.468. The van der Waals surface area contributed by atoms with Gasteiger partial charge in [-0.15, -0.1) is 0 Å². The van der Waals surface area contributed by atoms with Gasteiger partial charge in [0.05, 0.1) is 22.5 Å². The van der Waals surface area contributed by atoms with E-state index in [-0.39, 0.29) is 23.9 Å². The Morgan fingerprint density at radius 1 is 1.28 bits per heavy atom. The van der Waals surface area contributed by atoms with Crippen LogP contribution in [-0.4, -0.2) is 41.8 Å². The first-order valence-corrected chi connectivity index (χ1v) is 11.9. The van der Waals surface area contributed by atoms with Crippen LogP contribution in [0.1, 0.15) is 43.9 Å². The minimum absolute atomic E-state index is 0.0997. The van der Waals surface area contributed by atoms with Gasteiger partial charge >= 0.3 is 0 Å². The number of aromatic nitrogens is 3. The number of aliphatic hydroxyl groups is 1. The van der Waals surface area contributed by atoms with Gasteiger partial charge in [-0.2, -0.15) is 0 Å². The highest BCUT2D eigenvalue weighted by molar-refractivity contribution is 7.89. The highest BCUT2D eigenvalue weighted by Crippen LogP contribution is 2.41. The summed E-state index contributed by atoms with van der Waals surface area (Å²) < 4.78 is 33.7. The molecule has 0 unspecified atom stereocenters. The molecular formula is C22H27N5O4S. The van der Waals surface area contributed by atoms with Crippen molar-refractivity contribution in [3.8, 4) is 22.7 Å². The summed E-state index contributed by atoms with van der Waals surface area (Å²) in [7, 11) is -3.78. The topological polar surface area (TPSA) is 144 Å². The van der Waals surface area contributed by atoms with E-state index < -0.39 is 15.4 Å². The second-order valence-corrected chi connectivity index (χ2v) is 10.8. The lowest BCUT2D eigenvalue weighted by Gasteiger charge is -2.22. The van der Waals surface area contributed by atoms with E-state index in [0.717, 1.165) is 24.1 Å². The number of benzene rings is 1. The fourth-order valence-corrected chi connectivity index (χ4v) is 4.42. The molecule has 1 aromatic carbocycles. The maximum atomic E-state index is 12.8. The Hall–Kier alpha value is -2.82. The number of nitrogens with one attached hydrogen (secondary N) is 1. The standard InChI is InChI=1S/C22H27N5O4S/c1-13-4-7-15(32(29,30)25-11-22(2,3)12-28)8-16(13)18-10-24-21(23)20(26-18)19-9-17(27-31-19)14-5-6-14/h4,7-10,14,25,28H,5-6,11-12H2,1-3H3,(H2,23,24). The number of hydrogen-bond acceptors (Lipinski definition) is 8. The molecule has 2 aromatic heterocycles. The molecular weight excluding hydrogens is 430 g/mol. The summed E-state index contributed by atoms with van der Waals surface area (Å²) in [4.78, 5) is 8.97. The van der Waals surface area contributed by atoms with Crippen LogP contribution < -0.4 is 10.5 Å². The van der Waals surface area contributed by atoms with Crippen molar-refractivity contribution >= 4 is 15.8 Å². The highest BCUT2D eigenvalue weighted by Gasteiger charge is 2.28. The molecule has 0 radical (unpaired) electrons. The second-order valence-electron chi connectivity index (χ2n) is 9.00. The number of aliphatic hydroxyl groups excluding tert-OH is 1. The molecule has 3 aromatic rings. The number of aryl methyl sites for hydroxylation is 1. The van der Waals surface area contributed by atoms with Gasteiger partial charge < -0.3 is 15.4 Å². The smallest absolute Gasteiger partial charge is 0.240 e. The zero-order chi connectivity index (χ0) is 23.1. The largest absolute Gasteiger partial charge is 0.396 e. The van der Waals surface area contributed by atoms with Crippen molar-refractivity contribution in [2.24, 2.45) is 5.41 Å². The molecule has 1 fully saturated rings. The summed E-state index contributed by atoms with van der Waals surface area (Å²) >= 11 is 0. The first-order chi connectivity index (χ1) is 15.1. The molecule has 0 spiro atoms. The maximum absolute atomic E-state index is 12.8. The fourth-order valence-electron chi connectivity index (χ4n) is 3.16. The Morgan fingerprint density at radius 3 is 2.72 bits per heavy atom. The number of hydrogen-bond donors (Lipinski definition) is 3. The number of rotatable bonds is 8. The van der Waals surface area contributed by atoms with Crippen LogP contribution in [0, 0.1) is 12.3 Å². The molecule has 0 amide bonds. The molecule has 1 aliphatic rings. The van der Waals surface area contributed by atoms with Gasteiger partial charge in [0.1, 0.15) is 0 Å². The average Bonchev–Trinajstić information content (AvgIpc) is 3.50. The molecule has 0 bridgehead atoms. The molecule has 170 valence electrons. The van der Waals surface area contributed by atoms with Gasteiger partial charge in [-0.05, 0) is 37.5 Å². The van der Waals surface area contributed by atoms with Crippen molar-refractivity contribution in [1.29, 1.82) is 0 Å². The summed E-state index contributed by atoms with van der Waals surface area (Å²) in [6.07, 6.45) is 3.70. The Bertz CT molecular complexity index is 1250. The van der Waals surface area contributed by atoms with Crippen LogP contribution in [0.4, 0.5) is 5.82 Å². The number of nitrogens with two attached hydrogens (primary N) is 1. The molecule has 4 N–H and O–H groups in total. The summed E-state index contributed by atoms with van der Waals surface area (Å²) in [6.45, 7) is 5.39. The molecule has 32 heavy (non-hydrogen) atoms. The van der Waals surface area contributed by atoms with E-state index in [2.05, 4.69) is 19.8 Å². The highest BCUT2D eigenvalue weighted by atomic mass is 32.2. The summed E-state index contributed by atoms with van der Waals surface area (Å²) in [6, 6.07) is 6.65. The third kappa shape index (κ3) is 4.67. The first kappa shape index (κ1) is 22.4. The zero-order valence-corrected chi connectivity index (χ0v) is 19.1. The van der Waals surface area contributed by atoms with Gasteiger partial charge in [0.25, 0.3) is 0 Å². The SMILES string of the molecule is Cc1ccc(S(=O)(=O)NCC(C)(C)CO)cc1-c1cnc(N)c(-c2cc(C3CC3)no2)n1. The summed E-state index contributed by atoms with van der Waals surface area (Å²) in [5.41, 5.74) is 8.65. The summed E-state index contributed by atoms with van der Waals surface area (Å²) in [5, 5.41) is 13.5. The van der Waals surface area contributed by atoms with Crippen molar-refractivity contribution < 1.29 is 18.0 Å². The van der Waals surface area contributed by atoms with E-state index in [1.165, 1.54) is 12.3 Å². The number of anilines is 1. The minimum Gasteiger partial charge on any atom is -0.396 e. The number of nitrogens with zero attached hydrogens (tertiary/aromatic N) is 3. The van der Waals surface area contributed by atoms with Crippen molar-refractivity contribution in [2.45, 2.75) is 44.4 Å². The van der Waals surface area contributed by atoms with Gasteiger partial charge in [-0.25, -0.2) is 23.1 Å². The fraction of sp³-hybridized carbons (Fsp3) is 0.409. The van der Waals surface area contributed by atoms with Gasteiger partial charge in [-0.1, -0.05) is 25.1 Å². The molecule has 0 atom stereocenters. The minimum atomic E-state index is -3.78. The van der Waals surface area contributed by atoms with Gasteiger partial charge in [0.15, 0.2) is 17.3 Å². The lowest BCUT2D eigenvalue weighted by Crippen LogP contribution is -2.36. The van der Waals surface area contributed by atoms with Crippen LogP contribution in [0.3, 0.4) is 0 Å². The van der Waals surface area contributed by atoms with Crippen LogP contribution >= 0.6 is 0 Å². The second kappa shape index (κ2) is 8.27. The van der Waals surface area contributed by atoms with Gasteiger partial charge in [-0.3, -0.25) is 0 Å². The monoisotopic (exact) mass is 457 g/mol. The molecule has 9 nitrogen and oxygen atoms in total. The molecule has 1 aliphatic carbocycles. The van der Waals surface area contributed by atoms with Crippen LogP contribution in [0.2, 0.25) is 0 Å². The molecule has 4 rings (SSSR count). The van der Waals surface area contributed by atoms with E-state index in [9.17, 15) is 13.5 Å². The predicted octanol–water partition coefficient (Wildman–Crippen LogP) is 2.86. The van der Waals surface area contributed by atoms with Crippen molar-refractivity contribution in [2.75, 3.05) is 18.9 Å². The third-order valence-electron chi connectivity index (χ3n) is 5.52. The Labute approximate surface area is 187 Å². The Kier molecular flexibility index (Phi) is 5.78. The van der Waals surface area contributed by atoms with Crippen LogP contribution in [0.15, 0.2) is 39.9 Å². The van der Waals surface area contributed by atoms with Crippen LogP contribution in [0.25, 0.3) is 22.7 Å². The maximum Gasteiger partial charge on any atom is 0.240 e. The molecule has 10 heteroatoms. The zero-order valence-electron chi connectivity index (χ0n) is 18.3. The molecule has 2 heterocycles. The van der Waals surface area contributed by atoms with Crippen molar-refractivity contribution in [3.05, 3.63) is 41.7 Å². The van der Waals surface area contributed by atoms with E-state index in [4.69, 9.17) is 10.3 Å². The number of nitrogen functional groups attached to an aromatic ring is 1. The Balaban J connectivity index is 1.68. The predicted molar refractivity (Wildman–Crippen MR) is 120 cm³/mol. The summed E-state index contributed by atoms with van der Waals surface area (Å²) in [5.74, 6) is 1.08.